The molecular weight excluding hydrogens is 128 g/mol. The van der Waals surface area contributed by atoms with Crippen LogP contribution in [-0.2, 0) is 4.74 Å². The van der Waals surface area contributed by atoms with E-state index in [0.717, 1.165) is 12.8 Å². The van der Waals surface area contributed by atoms with Crippen LogP contribution in [0.1, 0.15) is 19.8 Å². The molecule has 0 aromatic carbocycles. The summed E-state index contributed by atoms with van der Waals surface area (Å²) in [6.07, 6.45) is 5.48. The maximum atomic E-state index is 8.95. The number of ether oxygens (including phenoxy) is 1. The molecule has 0 saturated carbocycles. The second-order valence-corrected chi connectivity index (χ2v) is 2.69. The molecule has 1 saturated heterocycles. The van der Waals surface area contributed by atoms with Gasteiger partial charge in [0.25, 0.3) is 0 Å². The molecule has 2 heteroatoms. The van der Waals surface area contributed by atoms with Gasteiger partial charge in [-0.3, -0.25) is 0 Å². The van der Waals surface area contributed by atoms with Gasteiger partial charge in [-0.05, 0) is 19.3 Å². The van der Waals surface area contributed by atoms with E-state index in [0.29, 0.717) is 12.5 Å². The zero-order valence-corrected chi connectivity index (χ0v) is 6.29. The fourth-order valence-corrected chi connectivity index (χ4v) is 1.16. The Morgan fingerprint density at radius 1 is 1.70 bits per heavy atom. The molecule has 58 valence electrons. The first-order valence-corrected chi connectivity index (χ1v) is 3.73. The molecule has 0 aromatic rings. The molecule has 1 heterocycles. The van der Waals surface area contributed by atoms with E-state index in [1.807, 2.05) is 13.0 Å². The molecule has 0 aliphatic carbocycles. The summed E-state index contributed by atoms with van der Waals surface area (Å²) >= 11 is 0. The predicted octanol–water partition coefficient (Wildman–Crippen LogP) is 1.31. The highest BCUT2D eigenvalue weighted by Crippen LogP contribution is 2.20. The molecule has 1 unspecified atom stereocenters. The minimum absolute atomic E-state index is 0.504. The normalized spacial score (nSPS) is 33.8. The molecule has 1 fully saturated rings. The van der Waals surface area contributed by atoms with Crippen LogP contribution in [0.4, 0.5) is 0 Å². The number of aliphatic hydroxyl groups excluding tert-OH is 1. The van der Waals surface area contributed by atoms with Crippen LogP contribution in [0.2, 0.25) is 0 Å². The molecule has 1 N–H and O–H groups in total. The van der Waals surface area contributed by atoms with E-state index in [2.05, 4.69) is 6.08 Å². The van der Waals surface area contributed by atoms with Crippen molar-refractivity contribution in [2.75, 3.05) is 6.61 Å². The number of hydrogen-bond acceptors (Lipinski definition) is 2. The van der Waals surface area contributed by atoms with Gasteiger partial charge in [0.2, 0.25) is 0 Å². The molecule has 1 aliphatic heterocycles. The monoisotopic (exact) mass is 142 g/mol. The lowest BCUT2D eigenvalue weighted by atomic mass is 10.0. The molecule has 1 rings (SSSR count). The van der Waals surface area contributed by atoms with Crippen LogP contribution in [0.5, 0.6) is 0 Å². The van der Waals surface area contributed by atoms with Gasteiger partial charge < -0.3 is 9.84 Å². The predicted molar refractivity (Wildman–Crippen MR) is 39.5 cm³/mol. The molecule has 0 spiro atoms. The van der Waals surface area contributed by atoms with E-state index >= 15 is 0 Å². The van der Waals surface area contributed by atoms with Crippen molar-refractivity contribution in [3.8, 4) is 0 Å². The topological polar surface area (TPSA) is 29.5 Å². The summed E-state index contributed by atoms with van der Waals surface area (Å²) < 4.78 is 4.98. The van der Waals surface area contributed by atoms with Crippen molar-refractivity contribution < 1.29 is 9.84 Å². The lowest BCUT2D eigenvalue weighted by molar-refractivity contribution is -0.0591. The molecular formula is C8H14O2. The van der Waals surface area contributed by atoms with E-state index in [9.17, 15) is 0 Å². The smallest absolute Gasteiger partial charge is 0.154 e. The summed E-state index contributed by atoms with van der Waals surface area (Å²) in [5, 5.41) is 8.95. The van der Waals surface area contributed by atoms with E-state index < -0.39 is 6.29 Å². The number of rotatable bonds is 2. The molecule has 1 aliphatic rings. The Bertz CT molecular complexity index is 120. The lowest BCUT2D eigenvalue weighted by Gasteiger charge is -2.00. The summed E-state index contributed by atoms with van der Waals surface area (Å²) in [6, 6.07) is 0. The third-order valence-electron chi connectivity index (χ3n) is 1.76. The van der Waals surface area contributed by atoms with Crippen LogP contribution in [0.15, 0.2) is 12.2 Å². The van der Waals surface area contributed by atoms with Crippen LogP contribution >= 0.6 is 0 Å². The maximum absolute atomic E-state index is 8.95. The summed E-state index contributed by atoms with van der Waals surface area (Å²) in [4.78, 5) is 0. The van der Waals surface area contributed by atoms with Gasteiger partial charge in [-0.25, -0.2) is 0 Å². The Balaban J connectivity index is 2.18. The Morgan fingerprint density at radius 3 is 3.00 bits per heavy atom. The van der Waals surface area contributed by atoms with Gasteiger partial charge in [0.05, 0.1) is 6.61 Å². The minimum Gasteiger partial charge on any atom is -0.368 e. The number of hydrogen-bond donors (Lipinski definition) is 1. The van der Waals surface area contributed by atoms with Crippen molar-refractivity contribution in [2.45, 2.75) is 26.1 Å². The first-order valence-electron chi connectivity index (χ1n) is 3.73. The Hall–Kier alpha value is -0.340. The largest absolute Gasteiger partial charge is 0.368 e. The standard InChI is InChI=1S/C8H14O2/c1-2-3-4-7-5-8(9)10-6-7/h2-3,7-9H,4-6H2,1H3/b3-2-/t7-,8?/m1/s1. The SMILES string of the molecule is C/C=C\C[C@H]1COC(O)C1. The third-order valence-corrected chi connectivity index (χ3v) is 1.76. The van der Waals surface area contributed by atoms with Crippen LogP contribution in [-0.4, -0.2) is 18.0 Å². The fraction of sp³-hybridized carbons (Fsp3) is 0.750. The summed E-state index contributed by atoms with van der Waals surface area (Å²) in [5.41, 5.74) is 0. The fourth-order valence-electron chi connectivity index (χ4n) is 1.16. The van der Waals surface area contributed by atoms with Crippen molar-refractivity contribution in [3.63, 3.8) is 0 Å². The van der Waals surface area contributed by atoms with Gasteiger partial charge >= 0.3 is 0 Å². The maximum Gasteiger partial charge on any atom is 0.154 e. The second-order valence-electron chi connectivity index (χ2n) is 2.69. The summed E-state index contributed by atoms with van der Waals surface area (Å²) in [7, 11) is 0. The van der Waals surface area contributed by atoms with E-state index in [1.54, 1.807) is 0 Å². The molecule has 0 amide bonds. The Morgan fingerprint density at radius 2 is 2.50 bits per heavy atom. The summed E-state index contributed by atoms with van der Waals surface area (Å²) in [6.45, 7) is 2.72. The second kappa shape index (κ2) is 3.74. The number of allylic oxidation sites excluding steroid dienone is 2. The highest BCUT2D eigenvalue weighted by Gasteiger charge is 2.21. The molecule has 0 radical (unpaired) electrons. The van der Waals surface area contributed by atoms with Crippen LogP contribution in [0.25, 0.3) is 0 Å². The molecule has 0 bridgehead atoms. The lowest BCUT2D eigenvalue weighted by Crippen LogP contribution is -2.00. The minimum atomic E-state index is -0.504. The quantitative estimate of drug-likeness (QED) is 0.589. The average Bonchev–Trinajstić information content (AvgIpc) is 2.31. The van der Waals surface area contributed by atoms with Gasteiger partial charge in [-0.2, -0.15) is 0 Å². The zero-order valence-electron chi connectivity index (χ0n) is 6.29. The molecule has 2 nitrogen and oxygen atoms in total. The van der Waals surface area contributed by atoms with Crippen LogP contribution < -0.4 is 0 Å². The van der Waals surface area contributed by atoms with Crippen molar-refractivity contribution >= 4 is 0 Å². The van der Waals surface area contributed by atoms with Crippen LogP contribution in [0.3, 0.4) is 0 Å². The van der Waals surface area contributed by atoms with Gasteiger partial charge in [-0.1, -0.05) is 12.2 Å². The number of aliphatic hydroxyl groups is 1. The van der Waals surface area contributed by atoms with Crippen molar-refractivity contribution in [3.05, 3.63) is 12.2 Å². The van der Waals surface area contributed by atoms with Gasteiger partial charge in [0.1, 0.15) is 0 Å². The van der Waals surface area contributed by atoms with Crippen molar-refractivity contribution in [2.24, 2.45) is 5.92 Å². The van der Waals surface area contributed by atoms with Crippen LogP contribution in [0, 0.1) is 5.92 Å². The van der Waals surface area contributed by atoms with Crippen molar-refractivity contribution in [1.29, 1.82) is 0 Å². The third kappa shape index (κ3) is 2.12. The van der Waals surface area contributed by atoms with Gasteiger partial charge in [0, 0.05) is 6.42 Å². The van der Waals surface area contributed by atoms with E-state index in [1.165, 1.54) is 0 Å². The average molecular weight is 142 g/mol. The summed E-state index contributed by atoms with van der Waals surface area (Å²) in [5.74, 6) is 0.534. The highest BCUT2D eigenvalue weighted by atomic mass is 16.6. The Labute approximate surface area is 61.5 Å². The molecule has 10 heavy (non-hydrogen) atoms. The molecule has 0 aromatic heterocycles. The highest BCUT2D eigenvalue weighted by molar-refractivity contribution is 4.82. The first kappa shape index (κ1) is 7.76. The van der Waals surface area contributed by atoms with E-state index in [-0.39, 0.29) is 0 Å². The van der Waals surface area contributed by atoms with Gasteiger partial charge in [0.15, 0.2) is 6.29 Å². The Kier molecular flexibility index (Phi) is 2.90. The van der Waals surface area contributed by atoms with Gasteiger partial charge in [-0.15, -0.1) is 0 Å². The first-order chi connectivity index (χ1) is 4.83. The molecule has 2 atom stereocenters. The van der Waals surface area contributed by atoms with E-state index in [4.69, 9.17) is 9.84 Å². The van der Waals surface area contributed by atoms with Crippen molar-refractivity contribution in [1.82, 2.24) is 0 Å². The zero-order chi connectivity index (χ0) is 7.40.